The molecule has 2 aromatic heterocycles. The van der Waals surface area contributed by atoms with Crippen molar-refractivity contribution in [3.05, 3.63) is 51.7 Å². The predicted molar refractivity (Wildman–Crippen MR) is 93.6 cm³/mol. The van der Waals surface area contributed by atoms with Crippen molar-refractivity contribution in [1.29, 1.82) is 0 Å². The van der Waals surface area contributed by atoms with E-state index in [1.807, 2.05) is 30.7 Å². The Morgan fingerprint density at radius 1 is 1.32 bits per heavy atom. The van der Waals surface area contributed by atoms with Gasteiger partial charge in [0.1, 0.15) is 11.6 Å². The fourth-order valence-electron chi connectivity index (χ4n) is 3.40. The molecule has 1 N–H and O–H groups in total. The Hall–Kier alpha value is -3.03. The summed E-state index contributed by atoms with van der Waals surface area (Å²) in [6.07, 6.45) is 1.80. The number of nitrogens with zero attached hydrogens (tertiary/aromatic N) is 5. The van der Waals surface area contributed by atoms with Gasteiger partial charge in [-0.15, -0.1) is 0 Å². The summed E-state index contributed by atoms with van der Waals surface area (Å²) in [6.45, 7) is 4.47. The van der Waals surface area contributed by atoms with E-state index in [0.717, 1.165) is 47.8 Å². The number of hydrogen-bond donors (Lipinski definition) is 1. The minimum Gasteiger partial charge on any atom is -0.380 e. The maximum Gasteiger partial charge on any atom is 0.295 e. The van der Waals surface area contributed by atoms with Gasteiger partial charge in [0.15, 0.2) is 5.52 Å². The number of aromatic nitrogens is 4. The molecule has 4 rings (SSSR count). The molecule has 25 heavy (non-hydrogen) atoms. The van der Waals surface area contributed by atoms with Crippen molar-refractivity contribution < 1.29 is 4.92 Å². The highest BCUT2D eigenvalue weighted by molar-refractivity contribution is 5.96. The molecule has 0 bridgehead atoms. The average Bonchev–Trinajstić information content (AvgIpc) is 2.93. The molecule has 1 aliphatic heterocycles. The number of rotatable bonds is 3. The standard InChI is InChI=1S/C17H18N6O2/c1-10-8-14(13-4-3-5-15(23(24)25)17(13)18-10)20-12-6-7-16-19-11(2)21-22(16)9-12/h3-5,8,12H,6-7,9H2,1-2H3,(H,18,20)/t12-/m0/s1. The number of nitrogens with one attached hydrogen (secondary N) is 1. The summed E-state index contributed by atoms with van der Waals surface area (Å²) in [5.41, 5.74) is 2.07. The first kappa shape index (κ1) is 15.5. The van der Waals surface area contributed by atoms with Gasteiger partial charge in [-0.2, -0.15) is 5.10 Å². The topological polar surface area (TPSA) is 98.8 Å². The molecule has 0 spiro atoms. The van der Waals surface area contributed by atoms with E-state index in [2.05, 4.69) is 20.4 Å². The largest absolute Gasteiger partial charge is 0.380 e. The Kier molecular flexibility index (Phi) is 3.60. The van der Waals surface area contributed by atoms with Crippen molar-refractivity contribution in [2.75, 3.05) is 5.32 Å². The van der Waals surface area contributed by atoms with Gasteiger partial charge in [-0.3, -0.25) is 10.1 Å². The Bertz CT molecular complexity index is 981. The number of anilines is 1. The van der Waals surface area contributed by atoms with Crippen LogP contribution < -0.4 is 5.32 Å². The van der Waals surface area contributed by atoms with E-state index in [0.29, 0.717) is 5.52 Å². The van der Waals surface area contributed by atoms with Gasteiger partial charge in [0.2, 0.25) is 0 Å². The molecule has 0 fully saturated rings. The van der Waals surface area contributed by atoms with Crippen LogP contribution in [0, 0.1) is 24.0 Å². The van der Waals surface area contributed by atoms with Crippen LogP contribution in [0.4, 0.5) is 11.4 Å². The van der Waals surface area contributed by atoms with Gasteiger partial charge in [0.25, 0.3) is 5.69 Å². The maximum absolute atomic E-state index is 11.3. The molecule has 8 heteroatoms. The number of nitro groups is 1. The first-order valence-corrected chi connectivity index (χ1v) is 8.23. The first-order valence-electron chi connectivity index (χ1n) is 8.23. The van der Waals surface area contributed by atoms with Gasteiger partial charge in [0, 0.05) is 35.3 Å². The van der Waals surface area contributed by atoms with Crippen LogP contribution in [-0.2, 0) is 13.0 Å². The Morgan fingerprint density at radius 3 is 2.96 bits per heavy atom. The highest BCUT2D eigenvalue weighted by Crippen LogP contribution is 2.31. The number of non-ortho nitro benzene ring substituents is 1. The SMILES string of the molecule is Cc1cc(N[C@H]2CCc3nc(C)nn3C2)c2cccc([N+](=O)[O-])c2n1. The fourth-order valence-corrected chi connectivity index (χ4v) is 3.40. The Labute approximate surface area is 144 Å². The van der Waals surface area contributed by atoms with Crippen LogP contribution in [-0.4, -0.2) is 30.7 Å². The lowest BCUT2D eigenvalue weighted by Gasteiger charge is -2.25. The molecule has 0 saturated carbocycles. The summed E-state index contributed by atoms with van der Waals surface area (Å²) in [6, 6.07) is 7.18. The van der Waals surface area contributed by atoms with Crippen molar-refractivity contribution in [2.24, 2.45) is 0 Å². The molecule has 3 heterocycles. The summed E-state index contributed by atoms with van der Waals surface area (Å²) < 4.78 is 1.94. The number of pyridine rings is 1. The molecule has 3 aromatic rings. The minimum absolute atomic E-state index is 0.0297. The smallest absolute Gasteiger partial charge is 0.295 e. The molecule has 128 valence electrons. The summed E-state index contributed by atoms with van der Waals surface area (Å²) in [7, 11) is 0. The zero-order valence-electron chi connectivity index (χ0n) is 14.1. The van der Waals surface area contributed by atoms with Crippen LogP contribution in [0.2, 0.25) is 0 Å². The van der Waals surface area contributed by atoms with Crippen molar-refractivity contribution in [1.82, 2.24) is 19.7 Å². The number of aryl methyl sites for hydroxylation is 3. The molecular weight excluding hydrogens is 320 g/mol. The summed E-state index contributed by atoms with van der Waals surface area (Å²) in [5.74, 6) is 1.80. The van der Waals surface area contributed by atoms with E-state index in [9.17, 15) is 10.1 Å². The van der Waals surface area contributed by atoms with Gasteiger partial charge >= 0.3 is 0 Å². The van der Waals surface area contributed by atoms with E-state index in [4.69, 9.17) is 0 Å². The summed E-state index contributed by atoms with van der Waals surface area (Å²) in [5, 5.41) is 20.0. The zero-order chi connectivity index (χ0) is 17.6. The Balaban J connectivity index is 1.70. The molecule has 1 aliphatic rings. The van der Waals surface area contributed by atoms with Crippen LogP contribution in [0.15, 0.2) is 24.3 Å². The number of benzene rings is 1. The van der Waals surface area contributed by atoms with Crippen molar-refractivity contribution >= 4 is 22.3 Å². The van der Waals surface area contributed by atoms with Gasteiger partial charge in [-0.1, -0.05) is 12.1 Å². The van der Waals surface area contributed by atoms with Gasteiger partial charge in [-0.25, -0.2) is 14.6 Å². The van der Waals surface area contributed by atoms with E-state index in [-0.39, 0.29) is 16.7 Å². The third kappa shape index (κ3) is 2.79. The second-order valence-corrected chi connectivity index (χ2v) is 6.38. The lowest BCUT2D eigenvalue weighted by atomic mass is 10.1. The van der Waals surface area contributed by atoms with Crippen molar-refractivity contribution in [2.45, 2.75) is 39.3 Å². The third-order valence-electron chi connectivity index (χ3n) is 4.47. The predicted octanol–water partition coefficient (Wildman–Crippen LogP) is 2.78. The van der Waals surface area contributed by atoms with Crippen molar-refractivity contribution in [3.63, 3.8) is 0 Å². The lowest BCUT2D eigenvalue weighted by Crippen LogP contribution is -2.32. The summed E-state index contributed by atoms with van der Waals surface area (Å²) in [4.78, 5) is 19.7. The van der Waals surface area contributed by atoms with Gasteiger partial charge in [0.05, 0.1) is 11.5 Å². The average molecular weight is 338 g/mol. The second-order valence-electron chi connectivity index (χ2n) is 6.38. The fraction of sp³-hybridized carbons (Fsp3) is 0.353. The van der Waals surface area contributed by atoms with E-state index in [1.165, 1.54) is 6.07 Å². The molecule has 1 atom stereocenters. The number of para-hydroxylation sites is 1. The third-order valence-corrected chi connectivity index (χ3v) is 4.47. The van der Waals surface area contributed by atoms with Gasteiger partial charge in [-0.05, 0) is 26.3 Å². The van der Waals surface area contributed by atoms with Crippen LogP contribution in [0.5, 0.6) is 0 Å². The van der Waals surface area contributed by atoms with Crippen LogP contribution in [0.1, 0.15) is 23.8 Å². The number of nitro benzene ring substituents is 1. The normalized spacial score (nSPS) is 16.6. The highest BCUT2D eigenvalue weighted by Gasteiger charge is 2.22. The lowest BCUT2D eigenvalue weighted by molar-refractivity contribution is -0.383. The quantitative estimate of drug-likeness (QED) is 0.582. The minimum atomic E-state index is -0.385. The summed E-state index contributed by atoms with van der Waals surface area (Å²) >= 11 is 0. The molecule has 0 aliphatic carbocycles. The Morgan fingerprint density at radius 2 is 2.16 bits per heavy atom. The molecule has 0 radical (unpaired) electrons. The molecule has 8 nitrogen and oxygen atoms in total. The highest BCUT2D eigenvalue weighted by atomic mass is 16.6. The van der Waals surface area contributed by atoms with Crippen LogP contribution in [0.3, 0.4) is 0 Å². The van der Waals surface area contributed by atoms with Crippen LogP contribution in [0.25, 0.3) is 10.9 Å². The monoisotopic (exact) mass is 338 g/mol. The first-order chi connectivity index (χ1) is 12.0. The molecular formula is C17H18N6O2. The number of hydrogen-bond acceptors (Lipinski definition) is 6. The van der Waals surface area contributed by atoms with Gasteiger partial charge < -0.3 is 5.32 Å². The van der Waals surface area contributed by atoms with Crippen LogP contribution >= 0.6 is 0 Å². The molecule has 0 unspecified atom stereocenters. The molecule has 0 saturated heterocycles. The second kappa shape index (κ2) is 5.80. The van der Waals surface area contributed by atoms with Crippen molar-refractivity contribution in [3.8, 4) is 0 Å². The van der Waals surface area contributed by atoms with E-state index >= 15 is 0 Å². The molecule has 1 aromatic carbocycles. The zero-order valence-corrected chi connectivity index (χ0v) is 14.1. The molecule has 0 amide bonds. The maximum atomic E-state index is 11.3. The number of fused-ring (bicyclic) bond motifs is 2. The van der Waals surface area contributed by atoms with E-state index < -0.39 is 0 Å². The van der Waals surface area contributed by atoms with E-state index in [1.54, 1.807) is 6.07 Å².